The van der Waals surface area contributed by atoms with E-state index in [4.69, 9.17) is 32.5 Å². The molecule has 0 aliphatic carbocycles. The van der Waals surface area contributed by atoms with Crippen molar-refractivity contribution in [2.45, 2.75) is 13.0 Å². The zero-order chi connectivity index (χ0) is 22.0. The number of ether oxygens (including phenoxy) is 1. The SMILES string of the molecule is COCCN1C(=O)NC(c2cccc(Cl)c2)C(c2nc(-c3cccc(Cl)c3)no2)=C1C. The van der Waals surface area contributed by atoms with Gasteiger partial charge in [0.25, 0.3) is 5.89 Å². The van der Waals surface area contributed by atoms with Crippen LogP contribution in [0.3, 0.4) is 0 Å². The summed E-state index contributed by atoms with van der Waals surface area (Å²) >= 11 is 12.3. The molecule has 0 spiro atoms. The Labute approximate surface area is 189 Å². The van der Waals surface area contributed by atoms with Crippen molar-refractivity contribution < 1.29 is 14.1 Å². The van der Waals surface area contributed by atoms with E-state index >= 15 is 0 Å². The van der Waals surface area contributed by atoms with Gasteiger partial charge in [-0.15, -0.1) is 0 Å². The molecule has 1 aliphatic heterocycles. The smallest absolute Gasteiger partial charge is 0.322 e. The van der Waals surface area contributed by atoms with Crippen LogP contribution < -0.4 is 5.32 Å². The van der Waals surface area contributed by atoms with Crippen LogP contribution in [0.15, 0.2) is 58.8 Å². The monoisotopic (exact) mass is 458 g/mol. The summed E-state index contributed by atoms with van der Waals surface area (Å²) in [6.07, 6.45) is 0. The molecule has 1 aromatic heterocycles. The van der Waals surface area contributed by atoms with Crippen LogP contribution in [0.25, 0.3) is 17.0 Å². The maximum atomic E-state index is 12.8. The number of methoxy groups -OCH3 is 1. The third-order valence-electron chi connectivity index (χ3n) is 5.04. The average molecular weight is 459 g/mol. The van der Waals surface area contributed by atoms with Gasteiger partial charge in [-0.05, 0) is 36.8 Å². The van der Waals surface area contributed by atoms with Crippen molar-refractivity contribution in [3.05, 3.63) is 75.7 Å². The summed E-state index contributed by atoms with van der Waals surface area (Å²) in [5.41, 5.74) is 2.94. The lowest BCUT2D eigenvalue weighted by Crippen LogP contribution is -2.47. The number of nitrogens with zero attached hydrogens (tertiary/aromatic N) is 3. The lowest BCUT2D eigenvalue weighted by Gasteiger charge is -2.35. The molecule has 4 rings (SSSR count). The Balaban J connectivity index is 1.81. The van der Waals surface area contributed by atoms with Crippen LogP contribution in [-0.4, -0.2) is 41.3 Å². The molecule has 0 radical (unpaired) electrons. The second-order valence-corrected chi connectivity index (χ2v) is 7.89. The molecule has 2 aromatic carbocycles. The Hall–Kier alpha value is -2.87. The van der Waals surface area contributed by atoms with Crippen LogP contribution >= 0.6 is 23.2 Å². The van der Waals surface area contributed by atoms with E-state index in [9.17, 15) is 4.79 Å². The van der Waals surface area contributed by atoms with Gasteiger partial charge < -0.3 is 14.6 Å². The number of nitrogens with one attached hydrogen (secondary N) is 1. The minimum absolute atomic E-state index is 0.238. The van der Waals surface area contributed by atoms with Crippen molar-refractivity contribution in [3.63, 3.8) is 0 Å². The van der Waals surface area contributed by atoms with E-state index < -0.39 is 6.04 Å². The minimum atomic E-state index is -0.502. The maximum absolute atomic E-state index is 12.8. The van der Waals surface area contributed by atoms with Crippen LogP contribution in [0.1, 0.15) is 24.4 Å². The van der Waals surface area contributed by atoms with Gasteiger partial charge in [0.1, 0.15) is 0 Å². The number of carbonyl (C=O) groups is 1. The molecule has 1 atom stereocenters. The number of allylic oxidation sites excluding steroid dienone is 1. The largest absolute Gasteiger partial charge is 0.383 e. The molecule has 1 N–H and O–H groups in total. The molecule has 2 heterocycles. The van der Waals surface area contributed by atoms with E-state index in [1.165, 1.54) is 0 Å². The van der Waals surface area contributed by atoms with Crippen LogP contribution in [0.4, 0.5) is 4.79 Å². The fourth-order valence-electron chi connectivity index (χ4n) is 3.52. The molecular formula is C22H20Cl2N4O3. The highest BCUT2D eigenvalue weighted by Crippen LogP contribution is 2.38. The van der Waals surface area contributed by atoms with Crippen molar-refractivity contribution in [2.24, 2.45) is 0 Å². The standard InChI is InChI=1S/C22H20Cl2N4O3/c1-13-18(21-26-20(27-31-21)15-6-4-8-17(24)12-15)19(14-5-3-7-16(23)11-14)25-22(29)28(13)9-10-30-2/h3-8,11-12,19H,9-10H2,1-2H3,(H,25,29). The molecule has 0 bridgehead atoms. The first kappa shape index (κ1) is 21.4. The zero-order valence-electron chi connectivity index (χ0n) is 16.9. The minimum Gasteiger partial charge on any atom is -0.383 e. The lowest BCUT2D eigenvalue weighted by molar-refractivity contribution is 0.158. The predicted octanol–water partition coefficient (Wildman–Crippen LogP) is 5.19. The molecule has 160 valence electrons. The molecule has 0 saturated carbocycles. The molecule has 0 saturated heterocycles. The Morgan fingerprint density at radius 2 is 1.90 bits per heavy atom. The maximum Gasteiger partial charge on any atom is 0.322 e. The van der Waals surface area contributed by atoms with Crippen LogP contribution in [-0.2, 0) is 4.74 Å². The van der Waals surface area contributed by atoms with Crippen LogP contribution in [0, 0.1) is 0 Å². The Kier molecular flexibility index (Phi) is 6.27. The number of aromatic nitrogens is 2. The highest BCUT2D eigenvalue weighted by Gasteiger charge is 2.35. The first-order valence-electron chi connectivity index (χ1n) is 9.61. The third-order valence-corrected chi connectivity index (χ3v) is 5.51. The van der Waals surface area contributed by atoms with Crippen molar-refractivity contribution in [1.82, 2.24) is 20.4 Å². The summed E-state index contributed by atoms with van der Waals surface area (Å²) in [5, 5.41) is 8.29. The van der Waals surface area contributed by atoms with Crippen molar-refractivity contribution in [2.75, 3.05) is 20.3 Å². The normalized spacial score (nSPS) is 16.6. The highest BCUT2D eigenvalue weighted by molar-refractivity contribution is 6.31. The van der Waals surface area contributed by atoms with Crippen molar-refractivity contribution in [1.29, 1.82) is 0 Å². The fraction of sp³-hybridized carbons (Fsp3) is 0.227. The van der Waals surface area contributed by atoms with E-state index in [0.717, 1.165) is 11.1 Å². The second kappa shape index (κ2) is 9.09. The number of urea groups is 1. The van der Waals surface area contributed by atoms with Gasteiger partial charge in [0.05, 0.1) is 24.8 Å². The van der Waals surface area contributed by atoms with Crippen molar-refractivity contribution >= 4 is 34.8 Å². The summed E-state index contributed by atoms with van der Waals surface area (Å²) < 4.78 is 10.8. The summed E-state index contributed by atoms with van der Waals surface area (Å²) in [6, 6.07) is 13.8. The summed E-state index contributed by atoms with van der Waals surface area (Å²) in [4.78, 5) is 19.0. The quantitative estimate of drug-likeness (QED) is 0.549. The first-order valence-corrected chi connectivity index (χ1v) is 10.4. The fourth-order valence-corrected chi connectivity index (χ4v) is 3.91. The Morgan fingerprint density at radius 3 is 2.61 bits per heavy atom. The zero-order valence-corrected chi connectivity index (χ0v) is 18.4. The number of amides is 2. The first-order chi connectivity index (χ1) is 15.0. The topological polar surface area (TPSA) is 80.5 Å². The molecule has 1 unspecified atom stereocenters. The van der Waals surface area contributed by atoms with Gasteiger partial charge in [0.2, 0.25) is 5.82 Å². The van der Waals surface area contributed by atoms with E-state index in [-0.39, 0.29) is 6.03 Å². The molecule has 0 fully saturated rings. The van der Waals surface area contributed by atoms with Crippen LogP contribution in [0.2, 0.25) is 10.0 Å². The van der Waals surface area contributed by atoms with Crippen LogP contribution in [0.5, 0.6) is 0 Å². The number of hydrogen-bond acceptors (Lipinski definition) is 5. The highest BCUT2D eigenvalue weighted by atomic mass is 35.5. The molecule has 9 heteroatoms. The summed E-state index contributed by atoms with van der Waals surface area (Å²) in [6.45, 7) is 2.62. The second-order valence-electron chi connectivity index (χ2n) is 7.01. The summed E-state index contributed by atoms with van der Waals surface area (Å²) in [5.74, 6) is 0.711. The Morgan fingerprint density at radius 1 is 1.16 bits per heavy atom. The predicted molar refractivity (Wildman–Crippen MR) is 119 cm³/mol. The van der Waals surface area contributed by atoms with Gasteiger partial charge in [0.15, 0.2) is 0 Å². The van der Waals surface area contributed by atoms with Gasteiger partial charge >= 0.3 is 6.03 Å². The molecule has 1 aliphatic rings. The molecule has 31 heavy (non-hydrogen) atoms. The van der Waals surface area contributed by atoms with Gasteiger partial charge in [-0.2, -0.15) is 4.98 Å². The van der Waals surface area contributed by atoms with E-state index in [0.29, 0.717) is 46.2 Å². The van der Waals surface area contributed by atoms with E-state index in [2.05, 4.69) is 15.5 Å². The number of halogens is 2. The number of carbonyl (C=O) groups excluding carboxylic acids is 1. The Bertz CT molecular complexity index is 1150. The van der Waals surface area contributed by atoms with Crippen molar-refractivity contribution in [3.8, 4) is 11.4 Å². The number of hydrogen-bond donors (Lipinski definition) is 1. The molecule has 2 amide bonds. The third kappa shape index (κ3) is 4.44. The van der Waals surface area contributed by atoms with Gasteiger partial charge in [-0.3, -0.25) is 4.90 Å². The number of rotatable bonds is 6. The average Bonchev–Trinajstić information content (AvgIpc) is 3.23. The van der Waals surface area contributed by atoms with Gasteiger partial charge in [-0.25, -0.2) is 4.79 Å². The van der Waals surface area contributed by atoms with Gasteiger partial charge in [-0.1, -0.05) is 52.6 Å². The number of benzene rings is 2. The molecular weight excluding hydrogens is 439 g/mol. The summed E-state index contributed by atoms with van der Waals surface area (Å²) in [7, 11) is 1.59. The lowest BCUT2D eigenvalue weighted by atomic mass is 9.94. The van der Waals surface area contributed by atoms with E-state index in [1.54, 1.807) is 36.3 Å². The van der Waals surface area contributed by atoms with E-state index in [1.807, 2.05) is 31.2 Å². The molecule has 3 aromatic rings. The molecule has 7 nitrogen and oxygen atoms in total. The van der Waals surface area contributed by atoms with Gasteiger partial charge in [0, 0.05) is 28.4 Å².